The largest absolute Gasteiger partial charge is 0.457 e. The van der Waals surface area contributed by atoms with Crippen LogP contribution >= 0.6 is 11.6 Å². The summed E-state index contributed by atoms with van der Waals surface area (Å²) >= 11 is 5.99. The first-order valence-electron chi connectivity index (χ1n) is 9.85. The van der Waals surface area contributed by atoms with Crippen molar-refractivity contribution in [2.75, 3.05) is 7.11 Å². The zero-order chi connectivity index (χ0) is 22.2. The molecule has 6 nitrogen and oxygen atoms in total. The van der Waals surface area contributed by atoms with Gasteiger partial charge in [0.15, 0.2) is 5.69 Å². The number of aromatic amines is 1. The average molecular weight is 439 g/mol. The van der Waals surface area contributed by atoms with Gasteiger partial charge in [0, 0.05) is 23.1 Å². The highest BCUT2D eigenvalue weighted by Gasteiger charge is 2.25. The number of nitrogens with one attached hydrogen (secondary N) is 1. The van der Waals surface area contributed by atoms with Crippen LogP contribution in [0.15, 0.2) is 48.7 Å². The summed E-state index contributed by atoms with van der Waals surface area (Å²) in [7, 11) is 1.58. The molecule has 0 aliphatic carbocycles. The van der Waals surface area contributed by atoms with Crippen LogP contribution in [0, 0.1) is 0 Å². The molecule has 0 saturated heterocycles. The number of hydrogen-bond donors (Lipinski definition) is 1. The van der Waals surface area contributed by atoms with Gasteiger partial charge in [-0.25, -0.2) is 9.78 Å². The Kier molecular flexibility index (Phi) is 5.60. The van der Waals surface area contributed by atoms with Crippen LogP contribution in [0.2, 0.25) is 5.02 Å². The fourth-order valence-electron chi connectivity index (χ4n) is 3.47. The number of pyridine rings is 1. The molecule has 1 N–H and O–H groups in total. The zero-order valence-electron chi connectivity index (χ0n) is 17.8. The molecular formula is C24H23ClN2O4. The van der Waals surface area contributed by atoms with E-state index in [1.54, 1.807) is 37.6 Å². The Hall–Kier alpha value is -3.09. The Balaban J connectivity index is 1.92. The molecular weight excluding hydrogens is 416 g/mol. The maximum absolute atomic E-state index is 12.9. The molecule has 0 amide bonds. The maximum Gasteiger partial charge on any atom is 0.357 e. The molecule has 0 bridgehead atoms. The minimum atomic E-state index is -0.638. The number of aromatic nitrogens is 2. The summed E-state index contributed by atoms with van der Waals surface area (Å²) in [6.45, 7) is 5.66. The van der Waals surface area contributed by atoms with Gasteiger partial charge in [0.1, 0.15) is 17.1 Å². The molecule has 0 aliphatic heterocycles. The first-order valence-corrected chi connectivity index (χ1v) is 10.2. The van der Waals surface area contributed by atoms with Gasteiger partial charge in [-0.05, 0) is 57.2 Å². The number of halogens is 1. The summed E-state index contributed by atoms with van der Waals surface area (Å²) in [5.41, 5.74) is 1.88. The molecule has 0 aliphatic rings. The molecule has 7 heteroatoms. The number of ether oxygens (including phenoxy) is 3. The van der Waals surface area contributed by atoms with Gasteiger partial charge in [0.2, 0.25) is 0 Å². The van der Waals surface area contributed by atoms with Crippen molar-refractivity contribution in [3.05, 3.63) is 64.9 Å². The number of esters is 1. The summed E-state index contributed by atoms with van der Waals surface area (Å²) in [5.74, 6) is 0.803. The fourth-order valence-corrected chi connectivity index (χ4v) is 3.60. The van der Waals surface area contributed by atoms with Crippen molar-refractivity contribution in [3.8, 4) is 11.5 Å². The molecule has 2 aromatic carbocycles. The standard InChI is InChI=1S/C24H23ClN2O4/c1-24(2,3)31-23(28)22-16(13-29-4)20-18(12-26-22)27-17-6-5-7-19(21(17)20)30-15-10-8-14(25)9-11-15/h5-12,27H,13H2,1-4H3. The van der Waals surface area contributed by atoms with Gasteiger partial charge in [-0.15, -0.1) is 0 Å². The Morgan fingerprint density at radius 1 is 1.06 bits per heavy atom. The number of methoxy groups -OCH3 is 1. The van der Waals surface area contributed by atoms with Gasteiger partial charge in [0.25, 0.3) is 0 Å². The highest BCUT2D eigenvalue weighted by atomic mass is 35.5. The van der Waals surface area contributed by atoms with E-state index in [4.69, 9.17) is 25.8 Å². The summed E-state index contributed by atoms with van der Waals surface area (Å²) in [4.78, 5) is 20.6. The van der Waals surface area contributed by atoms with Crippen molar-refractivity contribution in [1.82, 2.24) is 9.97 Å². The van der Waals surface area contributed by atoms with Crippen LogP contribution in [-0.2, 0) is 16.1 Å². The van der Waals surface area contributed by atoms with Gasteiger partial charge >= 0.3 is 5.97 Å². The van der Waals surface area contributed by atoms with E-state index in [0.29, 0.717) is 22.1 Å². The SMILES string of the molecule is COCc1c(C(=O)OC(C)(C)C)ncc2[nH]c3cccc(Oc4ccc(Cl)cc4)c3c12. The van der Waals surface area contributed by atoms with E-state index in [-0.39, 0.29) is 12.3 Å². The van der Waals surface area contributed by atoms with Crippen molar-refractivity contribution in [1.29, 1.82) is 0 Å². The predicted molar refractivity (Wildman–Crippen MR) is 121 cm³/mol. The third kappa shape index (κ3) is 4.36. The molecule has 0 radical (unpaired) electrons. The van der Waals surface area contributed by atoms with E-state index in [1.165, 1.54) is 0 Å². The maximum atomic E-state index is 12.9. The molecule has 4 rings (SSSR count). The number of H-pyrrole nitrogens is 1. The van der Waals surface area contributed by atoms with Crippen LogP contribution in [-0.4, -0.2) is 28.6 Å². The minimum absolute atomic E-state index is 0.196. The van der Waals surface area contributed by atoms with Crippen LogP contribution in [0.3, 0.4) is 0 Å². The molecule has 4 aromatic rings. The predicted octanol–water partition coefficient (Wildman–Crippen LogP) is 6.26. The number of fused-ring (bicyclic) bond motifs is 3. The summed E-state index contributed by atoms with van der Waals surface area (Å²) in [6.07, 6.45) is 1.64. The molecule has 0 atom stereocenters. The second-order valence-corrected chi connectivity index (χ2v) is 8.61. The van der Waals surface area contributed by atoms with Crippen LogP contribution < -0.4 is 4.74 Å². The van der Waals surface area contributed by atoms with E-state index in [0.717, 1.165) is 21.8 Å². The molecule has 31 heavy (non-hydrogen) atoms. The van der Waals surface area contributed by atoms with Crippen LogP contribution in [0.25, 0.3) is 21.8 Å². The van der Waals surface area contributed by atoms with Gasteiger partial charge in [-0.1, -0.05) is 17.7 Å². The Bertz CT molecular complexity index is 1260. The van der Waals surface area contributed by atoms with Crippen LogP contribution in [0.1, 0.15) is 36.8 Å². The molecule has 0 fully saturated rings. The summed E-state index contributed by atoms with van der Waals surface area (Å²) in [6, 6.07) is 12.9. The zero-order valence-corrected chi connectivity index (χ0v) is 18.5. The lowest BCUT2D eigenvalue weighted by Crippen LogP contribution is -2.25. The van der Waals surface area contributed by atoms with E-state index < -0.39 is 11.6 Å². The number of benzene rings is 2. The van der Waals surface area contributed by atoms with Gasteiger partial charge in [0.05, 0.1) is 29.2 Å². The summed E-state index contributed by atoms with van der Waals surface area (Å²) in [5, 5.41) is 2.29. The second kappa shape index (κ2) is 8.21. The molecule has 2 aromatic heterocycles. The fraction of sp³-hybridized carbons (Fsp3) is 0.250. The first kappa shape index (κ1) is 21.2. The minimum Gasteiger partial charge on any atom is -0.457 e. The van der Waals surface area contributed by atoms with E-state index in [9.17, 15) is 4.79 Å². The highest BCUT2D eigenvalue weighted by molar-refractivity contribution is 6.30. The van der Waals surface area contributed by atoms with Crippen molar-refractivity contribution in [2.45, 2.75) is 33.0 Å². The molecule has 2 heterocycles. The molecule has 0 unspecified atom stereocenters. The Morgan fingerprint density at radius 3 is 2.48 bits per heavy atom. The quantitative estimate of drug-likeness (QED) is 0.372. The normalized spacial score (nSPS) is 11.8. The van der Waals surface area contributed by atoms with Crippen LogP contribution in [0.5, 0.6) is 11.5 Å². The third-order valence-electron chi connectivity index (χ3n) is 4.65. The lowest BCUT2D eigenvalue weighted by atomic mass is 10.0. The Morgan fingerprint density at radius 2 is 1.81 bits per heavy atom. The van der Waals surface area contributed by atoms with Crippen molar-refractivity contribution in [3.63, 3.8) is 0 Å². The topological polar surface area (TPSA) is 73.4 Å². The third-order valence-corrected chi connectivity index (χ3v) is 4.90. The lowest BCUT2D eigenvalue weighted by Gasteiger charge is -2.20. The molecule has 0 saturated carbocycles. The monoisotopic (exact) mass is 438 g/mol. The molecule has 160 valence electrons. The number of rotatable bonds is 5. The number of carbonyl (C=O) groups is 1. The van der Waals surface area contributed by atoms with Crippen LogP contribution in [0.4, 0.5) is 0 Å². The number of hydrogen-bond acceptors (Lipinski definition) is 5. The van der Waals surface area contributed by atoms with E-state index in [2.05, 4.69) is 9.97 Å². The summed E-state index contributed by atoms with van der Waals surface area (Å²) < 4.78 is 17.2. The number of carbonyl (C=O) groups excluding carboxylic acids is 1. The van der Waals surface area contributed by atoms with Gasteiger partial charge in [-0.3, -0.25) is 0 Å². The number of nitrogens with zero attached hydrogens (tertiary/aromatic N) is 1. The van der Waals surface area contributed by atoms with E-state index >= 15 is 0 Å². The van der Waals surface area contributed by atoms with Gasteiger partial charge in [-0.2, -0.15) is 0 Å². The van der Waals surface area contributed by atoms with Gasteiger partial charge < -0.3 is 19.2 Å². The van der Waals surface area contributed by atoms with Crippen molar-refractivity contribution >= 4 is 39.4 Å². The lowest BCUT2D eigenvalue weighted by molar-refractivity contribution is 0.00593. The second-order valence-electron chi connectivity index (χ2n) is 8.17. The smallest absolute Gasteiger partial charge is 0.357 e. The Labute approximate surface area is 185 Å². The average Bonchev–Trinajstić information content (AvgIpc) is 3.09. The highest BCUT2D eigenvalue weighted by Crippen LogP contribution is 2.38. The molecule has 0 spiro atoms. The van der Waals surface area contributed by atoms with Crippen molar-refractivity contribution in [2.24, 2.45) is 0 Å². The first-order chi connectivity index (χ1) is 14.8. The van der Waals surface area contributed by atoms with E-state index in [1.807, 2.05) is 39.0 Å². The van der Waals surface area contributed by atoms with Crippen molar-refractivity contribution < 1.29 is 19.0 Å².